The van der Waals surface area contributed by atoms with E-state index in [1.807, 2.05) is 13.8 Å². The maximum atomic E-state index is 12.9. The highest BCUT2D eigenvalue weighted by Crippen LogP contribution is 2.58. The second-order valence-electron chi connectivity index (χ2n) is 12.0. The van der Waals surface area contributed by atoms with Crippen molar-refractivity contribution in [1.29, 1.82) is 0 Å². The van der Waals surface area contributed by atoms with Crippen LogP contribution < -0.4 is 0 Å². The Morgan fingerprint density at radius 2 is 1.97 bits per heavy atom. The molecule has 0 amide bonds. The van der Waals surface area contributed by atoms with Crippen LogP contribution in [0.2, 0.25) is 0 Å². The number of unbranched alkanes of at least 4 members (excludes halogenated alkanes) is 4. The summed E-state index contributed by atoms with van der Waals surface area (Å²) >= 11 is 0. The molecule has 3 heterocycles. The molecule has 6 unspecified atom stereocenters. The normalized spacial score (nSPS) is 46.2. The molecule has 3 saturated heterocycles. The van der Waals surface area contributed by atoms with Gasteiger partial charge in [-0.3, -0.25) is 4.79 Å². The number of hydrogen-bond donors (Lipinski definition) is 2. The predicted molar refractivity (Wildman–Crippen MR) is 130 cm³/mol. The highest BCUT2D eigenvalue weighted by Gasteiger charge is 2.66. The van der Waals surface area contributed by atoms with Crippen LogP contribution in [0.25, 0.3) is 0 Å². The number of fused-ring (bicyclic) bond motifs is 2. The number of aliphatic hydroxyl groups is 2. The number of aliphatic hydroxyl groups excluding tert-OH is 1. The molecule has 2 bridgehead atoms. The number of hydrogen-bond acceptors (Lipinski definition) is 6. The van der Waals surface area contributed by atoms with Crippen molar-refractivity contribution in [2.24, 2.45) is 23.7 Å². The molecule has 1 saturated carbocycles. The minimum absolute atomic E-state index is 0.0586. The summed E-state index contributed by atoms with van der Waals surface area (Å²) in [6.45, 7) is 13.0. The van der Waals surface area contributed by atoms with Crippen LogP contribution in [0.5, 0.6) is 0 Å². The Balaban J connectivity index is 1.63. The quantitative estimate of drug-likeness (QED) is 0.317. The molecule has 1 aliphatic carbocycles. The average Bonchev–Trinajstić information content (AvgIpc) is 3.13. The third-order valence-corrected chi connectivity index (χ3v) is 9.41. The van der Waals surface area contributed by atoms with Gasteiger partial charge in [-0.05, 0) is 62.9 Å². The third-order valence-electron chi connectivity index (χ3n) is 9.41. The van der Waals surface area contributed by atoms with E-state index >= 15 is 0 Å². The average molecular weight is 479 g/mol. The van der Waals surface area contributed by atoms with Crippen molar-refractivity contribution in [3.63, 3.8) is 0 Å². The van der Waals surface area contributed by atoms with Crippen LogP contribution >= 0.6 is 0 Å². The molecule has 3 aliphatic heterocycles. The van der Waals surface area contributed by atoms with Crippen LogP contribution in [0, 0.1) is 23.7 Å². The molecule has 0 spiro atoms. The Bertz CT molecular complexity index is 749. The first-order chi connectivity index (χ1) is 16.1. The summed E-state index contributed by atoms with van der Waals surface area (Å²) < 4.78 is 19.4. The molecule has 194 valence electrons. The topological polar surface area (TPSA) is 85.2 Å². The first kappa shape index (κ1) is 26.1. The van der Waals surface area contributed by atoms with Gasteiger partial charge in [0.2, 0.25) is 0 Å². The highest BCUT2D eigenvalue weighted by atomic mass is 16.6. The fraction of sp³-hybridized carbons (Fsp3) is 0.893. The molecule has 34 heavy (non-hydrogen) atoms. The van der Waals surface area contributed by atoms with E-state index in [2.05, 4.69) is 20.4 Å². The number of esters is 1. The van der Waals surface area contributed by atoms with Crippen molar-refractivity contribution in [3.8, 4) is 0 Å². The Morgan fingerprint density at radius 1 is 1.24 bits per heavy atom. The zero-order chi connectivity index (χ0) is 24.7. The fourth-order valence-electron chi connectivity index (χ4n) is 7.33. The maximum Gasteiger partial charge on any atom is 0.306 e. The lowest BCUT2D eigenvalue weighted by atomic mass is 9.58. The van der Waals surface area contributed by atoms with Gasteiger partial charge in [0.15, 0.2) is 0 Å². The van der Waals surface area contributed by atoms with Crippen molar-refractivity contribution in [2.75, 3.05) is 6.61 Å². The van der Waals surface area contributed by atoms with Gasteiger partial charge in [0.1, 0.15) is 11.7 Å². The third kappa shape index (κ3) is 4.85. The van der Waals surface area contributed by atoms with Gasteiger partial charge in [-0.25, -0.2) is 0 Å². The van der Waals surface area contributed by atoms with Gasteiger partial charge in [-0.1, -0.05) is 46.1 Å². The summed E-state index contributed by atoms with van der Waals surface area (Å²) in [6, 6.07) is 0. The van der Waals surface area contributed by atoms with Crippen LogP contribution in [0.4, 0.5) is 0 Å². The molecule has 4 rings (SSSR count). The van der Waals surface area contributed by atoms with Crippen molar-refractivity contribution in [2.45, 2.75) is 128 Å². The van der Waals surface area contributed by atoms with E-state index in [9.17, 15) is 15.0 Å². The summed E-state index contributed by atoms with van der Waals surface area (Å²) in [5.41, 5.74) is -1.06. The number of carbonyl (C=O) groups excluding carboxylic acids is 1. The Morgan fingerprint density at radius 3 is 2.71 bits per heavy atom. The Labute approximate surface area is 205 Å². The minimum Gasteiger partial charge on any atom is -0.459 e. The van der Waals surface area contributed by atoms with E-state index in [1.54, 1.807) is 0 Å². The van der Waals surface area contributed by atoms with Crippen molar-refractivity contribution in [1.82, 2.24) is 0 Å². The summed E-state index contributed by atoms with van der Waals surface area (Å²) in [6.07, 6.45) is 6.15. The van der Waals surface area contributed by atoms with Crippen molar-refractivity contribution in [3.05, 3.63) is 12.2 Å². The van der Waals surface area contributed by atoms with Gasteiger partial charge in [0.05, 0.1) is 30.5 Å². The van der Waals surface area contributed by atoms with Crippen LogP contribution in [-0.4, -0.2) is 58.4 Å². The van der Waals surface area contributed by atoms with Crippen LogP contribution in [-0.2, 0) is 19.0 Å². The second kappa shape index (κ2) is 10.2. The molecule has 4 fully saturated rings. The minimum atomic E-state index is -0.891. The smallest absolute Gasteiger partial charge is 0.306 e. The number of rotatable bonds is 7. The zero-order valence-electron chi connectivity index (χ0n) is 21.6. The molecule has 6 nitrogen and oxygen atoms in total. The summed E-state index contributed by atoms with van der Waals surface area (Å²) in [7, 11) is 0. The van der Waals surface area contributed by atoms with E-state index in [4.69, 9.17) is 14.2 Å². The Kier molecular flexibility index (Phi) is 7.83. The van der Waals surface area contributed by atoms with Gasteiger partial charge in [0, 0.05) is 18.8 Å². The van der Waals surface area contributed by atoms with Crippen molar-refractivity contribution >= 4 is 5.97 Å². The fourth-order valence-corrected chi connectivity index (χ4v) is 7.33. The standard InChI is InChI=1S/C28H46O6/c1-6-7-8-9-10-11-23(30)34-22-15-20(29)17(2)14-21-25-24-19(12-13-27(25,4)31)18(3)16-32-28(22,5)26(24)33-21/h18-22,24-26,29,31H,2,6-16H2,1,3-5H3/t18-,19?,20?,21?,22?,24-,25-,26?,27-,28?/m1/s1. The van der Waals surface area contributed by atoms with Crippen LogP contribution in [0.3, 0.4) is 0 Å². The largest absolute Gasteiger partial charge is 0.459 e. The number of carbonyl (C=O) groups is 1. The van der Waals surface area contributed by atoms with Gasteiger partial charge < -0.3 is 24.4 Å². The predicted octanol–water partition coefficient (Wildman–Crippen LogP) is 4.56. The first-order valence-corrected chi connectivity index (χ1v) is 13.7. The molecule has 4 aliphatic rings. The van der Waals surface area contributed by atoms with E-state index < -0.39 is 23.4 Å². The van der Waals surface area contributed by atoms with Gasteiger partial charge in [0.25, 0.3) is 0 Å². The zero-order valence-corrected chi connectivity index (χ0v) is 21.6. The molecular formula is C28H46O6. The van der Waals surface area contributed by atoms with E-state index in [1.165, 1.54) is 12.8 Å². The number of ether oxygens (including phenoxy) is 3. The molecular weight excluding hydrogens is 432 g/mol. The van der Waals surface area contributed by atoms with Gasteiger partial charge >= 0.3 is 5.97 Å². The molecule has 10 atom stereocenters. The molecule has 0 aromatic carbocycles. The lowest BCUT2D eigenvalue weighted by Crippen LogP contribution is -2.58. The van der Waals surface area contributed by atoms with E-state index in [0.717, 1.165) is 32.1 Å². The highest BCUT2D eigenvalue weighted by molar-refractivity contribution is 5.69. The molecule has 0 aromatic rings. The van der Waals surface area contributed by atoms with E-state index in [0.29, 0.717) is 36.9 Å². The van der Waals surface area contributed by atoms with Crippen LogP contribution in [0.15, 0.2) is 12.2 Å². The van der Waals surface area contributed by atoms with Gasteiger partial charge in [-0.2, -0.15) is 0 Å². The molecule has 2 N–H and O–H groups in total. The summed E-state index contributed by atoms with van der Waals surface area (Å²) in [4.78, 5) is 12.9. The van der Waals surface area contributed by atoms with E-state index in [-0.39, 0.29) is 36.4 Å². The molecule has 6 heteroatoms. The van der Waals surface area contributed by atoms with Crippen molar-refractivity contribution < 1.29 is 29.2 Å². The molecule has 0 aromatic heterocycles. The lowest BCUT2D eigenvalue weighted by molar-refractivity contribution is -0.205. The molecule has 0 radical (unpaired) electrons. The van der Waals surface area contributed by atoms with Gasteiger partial charge in [-0.15, -0.1) is 0 Å². The van der Waals surface area contributed by atoms with Crippen LogP contribution in [0.1, 0.15) is 91.9 Å². The second-order valence-corrected chi connectivity index (χ2v) is 12.0. The SMILES string of the molecule is C=C1CC2OC3[C@@H]4C(CC[C@@](C)(O)[C@H]24)[C@H](C)COC3(C)C(OC(=O)CCCCCCC)CC1O. The lowest BCUT2D eigenvalue weighted by Gasteiger charge is -2.48. The maximum absolute atomic E-state index is 12.9. The Hall–Kier alpha value is -0.950. The monoisotopic (exact) mass is 478 g/mol. The summed E-state index contributed by atoms with van der Waals surface area (Å²) in [5, 5.41) is 22.5. The summed E-state index contributed by atoms with van der Waals surface area (Å²) in [5.74, 6) is 0.527. The first-order valence-electron chi connectivity index (χ1n) is 13.7.